The number of nitrogens with zero attached hydrogens (tertiary/aromatic N) is 1. The van der Waals surface area contributed by atoms with Crippen LogP contribution >= 0.6 is 0 Å². The van der Waals surface area contributed by atoms with Gasteiger partial charge in [0.15, 0.2) is 0 Å². The van der Waals surface area contributed by atoms with Crippen molar-refractivity contribution in [1.29, 1.82) is 0 Å². The summed E-state index contributed by atoms with van der Waals surface area (Å²) < 4.78 is 5.46. The minimum Gasteiger partial charge on any atom is -0.466 e. The molecule has 1 fully saturated rings. The maximum atomic E-state index is 14.1. The van der Waals surface area contributed by atoms with Crippen LogP contribution in [0.1, 0.15) is 36.1 Å². The summed E-state index contributed by atoms with van der Waals surface area (Å²) in [6, 6.07) is 27.6. The molecule has 2 aliphatic heterocycles. The lowest BCUT2D eigenvalue weighted by Crippen LogP contribution is -2.53. The number of nitrogens with one attached hydrogen (secondary N) is 1. The number of hydrogen-bond acceptors (Lipinski definition) is 4. The number of amides is 1. The van der Waals surface area contributed by atoms with Gasteiger partial charge in [-0.2, -0.15) is 0 Å². The van der Waals surface area contributed by atoms with E-state index in [9.17, 15) is 9.59 Å². The van der Waals surface area contributed by atoms with Crippen LogP contribution in [0.2, 0.25) is 0 Å². The Morgan fingerprint density at radius 3 is 2.38 bits per heavy atom. The molecule has 0 aromatic heterocycles. The summed E-state index contributed by atoms with van der Waals surface area (Å²) in [6.45, 7) is 2.53. The third-order valence-corrected chi connectivity index (χ3v) is 6.55. The van der Waals surface area contributed by atoms with Gasteiger partial charge in [0.25, 0.3) is 5.91 Å². The van der Waals surface area contributed by atoms with Crippen LogP contribution in [0.3, 0.4) is 0 Å². The maximum Gasteiger partial charge on any atom is 0.311 e. The molecule has 5 nitrogen and oxygen atoms in total. The van der Waals surface area contributed by atoms with Crippen LogP contribution in [0.25, 0.3) is 0 Å². The third kappa shape index (κ3) is 3.21. The van der Waals surface area contributed by atoms with E-state index in [1.807, 2.05) is 84.9 Å². The lowest BCUT2D eigenvalue weighted by Gasteiger charge is -2.30. The molecule has 0 bridgehead atoms. The van der Waals surface area contributed by atoms with Gasteiger partial charge in [-0.1, -0.05) is 78.9 Å². The minimum atomic E-state index is -1.14. The molecule has 1 amide bonds. The van der Waals surface area contributed by atoms with Gasteiger partial charge in [0.05, 0.1) is 19.1 Å². The topological polar surface area (TPSA) is 58.6 Å². The summed E-state index contributed by atoms with van der Waals surface area (Å²) in [7, 11) is 0. The molecule has 32 heavy (non-hydrogen) atoms. The van der Waals surface area contributed by atoms with E-state index in [0.717, 1.165) is 22.4 Å². The fourth-order valence-electron chi connectivity index (χ4n) is 5.15. The van der Waals surface area contributed by atoms with Gasteiger partial charge in [-0.3, -0.25) is 14.9 Å². The normalized spacial score (nSPS) is 24.0. The molecule has 3 aromatic rings. The monoisotopic (exact) mass is 426 g/mol. The number of esters is 1. The quantitative estimate of drug-likeness (QED) is 0.617. The maximum absolute atomic E-state index is 14.1. The van der Waals surface area contributed by atoms with Crippen molar-refractivity contribution in [3.63, 3.8) is 0 Å². The van der Waals surface area contributed by atoms with Crippen LogP contribution in [0.5, 0.6) is 0 Å². The van der Waals surface area contributed by atoms with Crippen LogP contribution in [0.15, 0.2) is 84.9 Å². The number of carbonyl (C=O) groups is 2. The van der Waals surface area contributed by atoms with Crippen molar-refractivity contribution in [2.45, 2.75) is 31.5 Å². The fraction of sp³-hybridized carbons (Fsp3) is 0.259. The van der Waals surface area contributed by atoms with E-state index in [-0.39, 0.29) is 24.5 Å². The van der Waals surface area contributed by atoms with Gasteiger partial charge in [0.1, 0.15) is 5.54 Å². The van der Waals surface area contributed by atoms with E-state index >= 15 is 0 Å². The molecule has 1 saturated heterocycles. The first-order valence-corrected chi connectivity index (χ1v) is 11.1. The number of benzene rings is 3. The van der Waals surface area contributed by atoms with Gasteiger partial charge >= 0.3 is 5.97 Å². The highest BCUT2D eigenvalue weighted by Gasteiger charge is 2.62. The van der Waals surface area contributed by atoms with Crippen molar-refractivity contribution in [3.05, 3.63) is 102 Å². The molecule has 0 saturated carbocycles. The van der Waals surface area contributed by atoms with Crippen molar-refractivity contribution in [2.24, 2.45) is 5.92 Å². The second kappa shape index (κ2) is 8.24. The predicted molar refractivity (Wildman–Crippen MR) is 123 cm³/mol. The van der Waals surface area contributed by atoms with Gasteiger partial charge in [0.2, 0.25) is 0 Å². The molecule has 0 radical (unpaired) electrons. The fourth-order valence-corrected chi connectivity index (χ4v) is 5.15. The van der Waals surface area contributed by atoms with Crippen molar-refractivity contribution in [2.75, 3.05) is 11.5 Å². The van der Waals surface area contributed by atoms with E-state index in [4.69, 9.17) is 4.74 Å². The first kappa shape index (κ1) is 20.5. The first-order valence-electron chi connectivity index (χ1n) is 11.1. The van der Waals surface area contributed by atoms with Gasteiger partial charge in [-0.05, 0) is 30.5 Å². The van der Waals surface area contributed by atoms with Crippen LogP contribution in [-0.2, 0) is 26.4 Å². The highest BCUT2D eigenvalue weighted by atomic mass is 16.5. The number of para-hydroxylation sites is 1. The molecule has 1 N–H and O–H groups in total. The Hall–Kier alpha value is -3.44. The van der Waals surface area contributed by atoms with E-state index in [2.05, 4.69) is 5.32 Å². The molecule has 5 heteroatoms. The number of anilines is 1. The van der Waals surface area contributed by atoms with Crippen molar-refractivity contribution in [1.82, 2.24) is 5.32 Å². The van der Waals surface area contributed by atoms with Crippen LogP contribution < -0.4 is 10.2 Å². The summed E-state index contributed by atoms with van der Waals surface area (Å²) in [5.41, 5.74) is 2.65. The summed E-state index contributed by atoms with van der Waals surface area (Å²) in [4.78, 5) is 29.1. The highest BCUT2D eigenvalue weighted by molar-refractivity contribution is 6.10. The molecule has 3 aromatic carbocycles. The molecule has 3 atom stereocenters. The van der Waals surface area contributed by atoms with Crippen LogP contribution in [0, 0.1) is 5.92 Å². The molecular formula is C27H26N2O3. The van der Waals surface area contributed by atoms with Gasteiger partial charge in [-0.25, -0.2) is 0 Å². The first-order chi connectivity index (χ1) is 15.6. The number of ether oxygens (including phenoxy) is 1. The Morgan fingerprint density at radius 1 is 1.00 bits per heavy atom. The number of carbonyl (C=O) groups excluding carboxylic acids is 2. The second-order valence-electron chi connectivity index (χ2n) is 8.35. The second-order valence-corrected chi connectivity index (χ2v) is 8.35. The molecule has 1 spiro atoms. The van der Waals surface area contributed by atoms with Crippen LogP contribution in [-0.4, -0.2) is 18.5 Å². The Balaban J connectivity index is 1.61. The standard InChI is InChI=1S/C27H26N2O3/c1-2-32-25(30)22-17-23(20-13-7-4-8-14-20)28-27(22)21-15-9-10-16-24(21)29(26(27)31)18-19-11-5-3-6-12-19/h3-16,22-23,28H,2,17-18H2,1H3/t22-,23+,27+/m0/s1. The summed E-state index contributed by atoms with van der Waals surface area (Å²) in [5.74, 6) is -1.04. The Morgan fingerprint density at radius 2 is 1.66 bits per heavy atom. The number of rotatable bonds is 5. The van der Waals surface area contributed by atoms with Gasteiger partial charge in [0, 0.05) is 17.3 Å². The Labute approximate surface area is 188 Å². The zero-order valence-corrected chi connectivity index (χ0v) is 18.0. The number of hydrogen-bond donors (Lipinski definition) is 1. The summed E-state index contributed by atoms with van der Waals surface area (Å²) in [6.07, 6.45) is 0.502. The lowest BCUT2D eigenvalue weighted by molar-refractivity contribution is -0.152. The van der Waals surface area contributed by atoms with E-state index in [0.29, 0.717) is 13.0 Å². The Bertz CT molecular complexity index is 1130. The smallest absolute Gasteiger partial charge is 0.311 e. The van der Waals surface area contributed by atoms with Crippen molar-refractivity contribution < 1.29 is 14.3 Å². The average Bonchev–Trinajstić information content (AvgIpc) is 3.34. The molecule has 2 aliphatic rings. The van der Waals surface area contributed by atoms with Gasteiger partial charge in [-0.15, -0.1) is 0 Å². The molecule has 0 unspecified atom stereocenters. The summed E-state index contributed by atoms with van der Waals surface area (Å²) in [5, 5.41) is 3.60. The highest BCUT2D eigenvalue weighted by Crippen LogP contribution is 2.52. The molecule has 0 aliphatic carbocycles. The molecule has 162 valence electrons. The largest absolute Gasteiger partial charge is 0.466 e. The SMILES string of the molecule is CCOC(=O)[C@@H]1C[C@H](c2ccccc2)N[C@@]12C(=O)N(Cc1ccccc1)c1ccccc12. The lowest BCUT2D eigenvalue weighted by atomic mass is 9.80. The number of fused-ring (bicyclic) bond motifs is 2. The zero-order valence-electron chi connectivity index (χ0n) is 18.0. The minimum absolute atomic E-state index is 0.0981. The van der Waals surface area contributed by atoms with Gasteiger partial charge < -0.3 is 9.64 Å². The molecule has 2 heterocycles. The van der Waals surface area contributed by atoms with Crippen LogP contribution in [0.4, 0.5) is 5.69 Å². The Kier molecular flexibility index (Phi) is 5.27. The van der Waals surface area contributed by atoms with Crippen molar-refractivity contribution in [3.8, 4) is 0 Å². The van der Waals surface area contributed by atoms with Crippen molar-refractivity contribution >= 4 is 17.6 Å². The zero-order chi connectivity index (χ0) is 22.1. The predicted octanol–water partition coefficient (Wildman–Crippen LogP) is 4.34. The van der Waals surface area contributed by atoms with E-state index in [1.165, 1.54) is 0 Å². The third-order valence-electron chi connectivity index (χ3n) is 6.55. The average molecular weight is 427 g/mol. The van der Waals surface area contributed by atoms with E-state index < -0.39 is 11.5 Å². The van der Waals surface area contributed by atoms with E-state index in [1.54, 1.807) is 11.8 Å². The molecular weight excluding hydrogens is 400 g/mol. The summed E-state index contributed by atoms with van der Waals surface area (Å²) >= 11 is 0. The molecule has 5 rings (SSSR count).